The lowest BCUT2D eigenvalue weighted by Crippen LogP contribution is -2.52. The third kappa shape index (κ3) is 7.20. The first kappa shape index (κ1) is 26.7. The van der Waals surface area contributed by atoms with Crippen LogP contribution >= 0.6 is 11.6 Å². The van der Waals surface area contributed by atoms with Crippen molar-refractivity contribution >= 4 is 39.1 Å². The van der Waals surface area contributed by atoms with E-state index in [0.717, 1.165) is 27.3 Å². The molecule has 33 heavy (non-hydrogen) atoms. The number of anilines is 1. The molecule has 0 saturated carbocycles. The number of amides is 2. The Morgan fingerprint density at radius 3 is 2.24 bits per heavy atom. The van der Waals surface area contributed by atoms with Gasteiger partial charge < -0.3 is 10.2 Å². The van der Waals surface area contributed by atoms with Gasteiger partial charge in [0.15, 0.2) is 0 Å². The highest BCUT2D eigenvalue weighted by atomic mass is 35.5. The number of hydrogen-bond donors (Lipinski definition) is 1. The van der Waals surface area contributed by atoms with E-state index in [4.69, 9.17) is 11.6 Å². The number of nitrogens with one attached hydrogen (secondary N) is 1. The molecule has 0 aliphatic rings. The minimum atomic E-state index is -3.76. The first-order valence-corrected chi connectivity index (χ1v) is 13.1. The van der Waals surface area contributed by atoms with Crippen LogP contribution in [0.1, 0.15) is 37.0 Å². The molecule has 0 unspecified atom stereocenters. The molecule has 9 heteroatoms. The lowest BCUT2D eigenvalue weighted by molar-refractivity contribution is -0.140. The summed E-state index contributed by atoms with van der Waals surface area (Å²) in [4.78, 5) is 27.8. The molecule has 1 atom stereocenters. The standard InChI is InChI=1S/C24H32ClN3O4S/c1-6-21(24(30)26-7-2)27(15-19-10-12-20(25)13-11-19)23(29)16-28(33(5,31)32)22-14-17(3)8-9-18(22)4/h8-14,21H,6-7,15-16H2,1-5H3,(H,26,30)/t21-/m1/s1. The second-order valence-corrected chi connectivity index (χ2v) is 10.4. The molecular formula is C24H32ClN3O4S. The summed E-state index contributed by atoms with van der Waals surface area (Å²) in [5, 5.41) is 3.33. The summed E-state index contributed by atoms with van der Waals surface area (Å²) >= 11 is 5.99. The van der Waals surface area contributed by atoms with Crippen molar-refractivity contribution in [3.63, 3.8) is 0 Å². The maximum absolute atomic E-state index is 13.6. The lowest BCUT2D eigenvalue weighted by atomic mass is 10.1. The Morgan fingerprint density at radius 1 is 1.06 bits per heavy atom. The Kier molecular flexibility index (Phi) is 9.31. The summed E-state index contributed by atoms with van der Waals surface area (Å²) in [5.74, 6) is -0.741. The summed E-state index contributed by atoms with van der Waals surface area (Å²) in [7, 11) is -3.76. The van der Waals surface area contributed by atoms with E-state index in [-0.39, 0.29) is 12.5 Å². The van der Waals surface area contributed by atoms with Crippen LogP contribution in [0.5, 0.6) is 0 Å². The highest BCUT2D eigenvalue weighted by molar-refractivity contribution is 7.92. The average molecular weight is 494 g/mol. The van der Waals surface area contributed by atoms with E-state index in [2.05, 4.69) is 5.32 Å². The molecular weight excluding hydrogens is 462 g/mol. The van der Waals surface area contributed by atoms with E-state index in [0.29, 0.717) is 23.7 Å². The van der Waals surface area contributed by atoms with Crippen LogP contribution in [-0.4, -0.2) is 50.5 Å². The molecule has 0 aromatic heterocycles. The highest BCUT2D eigenvalue weighted by Gasteiger charge is 2.31. The Morgan fingerprint density at radius 2 is 1.70 bits per heavy atom. The number of aryl methyl sites for hydroxylation is 2. The van der Waals surface area contributed by atoms with Crippen molar-refractivity contribution in [1.82, 2.24) is 10.2 Å². The van der Waals surface area contributed by atoms with Gasteiger partial charge in [-0.3, -0.25) is 13.9 Å². The van der Waals surface area contributed by atoms with Crippen LogP contribution in [0.15, 0.2) is 42.5 Å². The van der Waals surface area contributed by atoms with E-state index >= 15 is 0 Å². The van der Waals surface area contributed by atoms with Crippen LogP contribution in [0.4, 0.5) is 5.69 Å². The van der Waals surface area contributed by atoms with Crippen LogP contribution in [-0.2, 0) is 26.2 Å². The van der Waals surface area contributed by atoms with Crippen LogP contribution in [0.3, 0.4) is 0 Å². The van der Waals surface area contributed by atoms with E-state index in [1.165, 1.54) is 4.90 Å². The zero-order chi connectivity index (χ0) is 24.8. The van der Waals surface area contributed by atoms with Crippen LogP contribution in [0, 0.1) is 13.8 Å². The molecule has 0 heterocycles. The fourth-order valence-electron chi connectivity index (χ4n) is 3.58. The Labute approximate surface area is 201 Å². The number of halogens is 1. The molecule has 2 aromatic carbocycles. The molecule has 1 N–H and O–H groups in total. The van der Waals surface area contributed by atoms with Gasteiger partial charge >= 0.3 is 0 Å². The highest BCUT2D eigenvalue weighted by Crippen LogP contribution is 2.25. The van der Waals surface area contributed by atoms with Gasteiger partial charge in [0.1, 0.15) is 12.6 Å². The van der Waals surface area contributed by atoms with E-state index in [1.54, 1.807) is 37.3 Å². The first-order valence-electron chi connectivity index (χ1n) is 10.8. The van der Waals surface area contributed by atoms with Gasteiger partial charge in [-0.25, -0.2) is 8.42 Å². The normalized spacial score (nSPS) is 12.2. The number of likely N-dealkylation sites (N-methyl/N-ethyl adjacent to an activating group) is 1. The zero-order valence-electron chi connectivity index (χ0n) is 19.8. The molecule has 0 bridgehead atoms. The van der Waals surface area contributed by atoms with Crippen molar-refractivity contribution in [1.29, 1.82) is 0 Å². The van der Waals surface area contributed by atoms with Gasteiger partial charge in [0.2, 0.25) is 21.8 Å². The van der Waals surface area contributed by atoms with Crippen LogP contribution < -0.4 is 9.62 Å². The van der Waals surface area contributed by atoms with Crippen LogP contribution in [0.2, 0.25) is 5.02 Å². The summed E-state index contributed by atoms with van der Waals surface area (Å²) < 4.78 is 26.5. The number of hydrogen-bond acceptors (Lipinski definition) is 4. The second-order valence-electron chi connectivity index (χ2n) is 8.03. The zero-order valence-corrected chi connectivity index (χ0v) is 21.3. The number of nitrogens with zero attached hydrogens (tertiary/aromatic N) is 2. The average Bonchev–Trinajstić information content (AvgIpc) is 2.74. The van der Waals surface area contributed by atoms with E-state index in [9.17, 15) is 18.0 Å². The lowest BCUT2D eigenvalue weighted by Gasteiger charge is -2.33. The van der Waals surface area contributed by atoms with Gasteiger partial charge in [0, 0.05) is 18.1 Å². The largest absolute Gasteiger partial charge is 0.355 e. The minimum absolute atomic E-state index is 0.149. The van der Waals surface area contributed by atoms with Crippen molar-refractivity contribution in [3.8, 4) is 0 Å². The molecule has 2 amide bonds. The van der Waals surface area contributed by atoms with E-state index in [1.807, 2.05) is 32.9 Å². The number of benzene rings is 2. The number of rotatable bonds is 10. The quantitative estimate of drug-likeness (QED) is 0.547. The molecule has 180 valence electrons. The fourth-order valence-corrected chi connectivity index (χ4v) is 4.61. The number of sulfonamides is 1. The predicted molar refractivity (Wildman–Crippen MR) is 133 cm³/mol. The second kappa shape index (κ2) is 11.5. The fraction of sp³-hybridized carbons (Fsp3) is 0.417. The van der Waals surface area contributed by atoms with Crippen molar-refractivity contribution in [2.45, 2.75) is 46.7 Å². The Bertz CT molecular complexity index is 1090. The van der Waals surface area contributed by atoms with Gasteiger partial charge in [-0.05, 0) is 62.1 Å². The minimum Gasteiger partial charge on any atom is -0.355 e. The first-order chi connectivity index (χ1) is 15.5. The third-order valence-electron chi connectivity index (χ3n) is 5.32. The number of carbonyl (C=O) groups is 2. The predicted octanol–water partition coefficient (Wildman–Crippen LogP) is 3.67. The van der Waals surface area contributed by atoms with Crippen LogP contribution in [0.25, 0.3) is 0 Å². The molecule has 7 nitrogen and oxygen atoms in total. The van der Waals surface area contributed by atoms with Crippen molar-refractivity contribution in [3.05, 3.63) is 64.2 Å². The monoisotopic (exact) mass is 493 g/mol. The summed E-state index contributed by atoms with van der Waals surface area (Å²) in [6.45, 7) is 7.45. The smallest absolute Gasteiger partial charge is 0.244 e. The molecule has 0 aliphatic carbocycles. The molecule has 0 radical (unpaired) electrons. The molecule has 0 fully saturated rings. The molecule has 0 spiro atoms. The van der Waals surface area contributed by atoms with Gasteiger partial charge in [-0.1, -0.05) is 42.8 Å². The Balaban J connectivity index is 2.46. The maximum Gasteiger partial charge on any atom is 0.244 e. The van der Waals surface area contributed by atoms with Crippen molar-refractivity contribution < 1.29 is 18.0 Å². The summed E-state index contributed by atoms with van der Waals surface area (Å²) in [6.07, 6.45) is 1.46. The molecule has 2 aromatic rings. The van der Waals surface area contributed by atoms with Gasteiger partial charge in [-0.2, -0.15) is 0 Å². The summed E-state index contributed by atoms with van der Waals surface area (Å²) in [6, 6.07) is 11.7. The maximum atomic E-state index is 13.6. The summed E-state index contributed by atoms with van der Waals surface area (Å²) in [5.41, 5.74) is 2.85. The van der Waals surface area contributed by atoms with Crippen molar-refractivity contribution in [2.24, 2.45) is 0 Å². The Hall–Kier alpha value is -2.58. The molecule has 2 rings (SSSR count). The molecule has 0 saturated heterocycles. The van der Waals surface area contributed by atoms with Gasteiger partial charge in [-0.15, -0.1) is 0 Å². The topological polar surface area (TPSA) is 86.8 Å². The van der Waals surface area contributed by atoms with Gasteiger partial charge in [0.05, 0.1) is 11.9 Å². The third-order valence-corrected chi connectivity index (χ3v) is 6.69. The number of carbonyl (C=O) groups excluding carboxylic acids is 2. The van der Waals surface area contributed by atoms with Gasteiger partial charge in [0.25, 0.3) is 0 Å². The van der Waals surface area contributed by atoms with Crippen molar-refractivity contribution in [2.75, 3.05) is 23.7 Å². The molecule has 0 aliphatic heterocycles. The SMILES string of the molecule is CCNC(=O)[C@@H](CC)N(Cc1ccc(Cl)cc1)C(=O)CN(c1cc(C)ccc1C)S(C)(=O)=O. The van der Waals surface area contributed by atoms with E-state index < -0.39 is 28.5 Å².